The molecule has 0 aromatic heterocycles. The normalized spacial score (nSPS) is 19.9. The Morgan fingerprint density at radius 2 is 1.84 bits per heavy atom. The van der Waals surface area contributed by atoms with E-state index in [0.717, 1.165) is 19.5 Å². The van der Waals surface area contributed by atoms with Crippen molar-refractivity contribution in [3.63, 3.8) is 0 Å². The number of rotatable bonds is 5. The maximum absolute atomic E-state index is 12.2. The Morgan fingerprint density at radius 3 is 2.32 bits per heavy atom. The molecule has 1 fully saturated rings. The van der Waals surface area contributed by atoms with E-state index >= 15 is 0 Å². The largest absolute Gasteiger partial charge is 0.358 e. The van der Waals surface area contributed by atoms with Crippen molar-refractivity contribution in [2.75, 3.05) is 39.8 Å². The van der Waals surface area contributed by atoms with Crippen LogP contribution in [0, 0.1) is 5.92 Å². The molecular weight excluding hydrogens is 244 g/mol. The van der Waals surface area contributed by atoms with Crippen molar-refractivity contribution in [1.82, 2.24) is 15.1 Å². The van der Waals surface area contributed by atoms with Gasteiger partial charge in [0.2, 0.25) is 11.8 Å². The summed E-state index contributed by atoms with van der Waals surface area (Å²) in [5, 5.41) is 2.61. The van der Waals surface area contributed by atoms with Crippen LogP contribution in [0.3, 0.4) is 0 Å². The van der Waals surface area contributed by atoms with Crippen molar-refractivity contribution >= 4 is 11.8 Å². The van der Waals surface area contributed by atoms with Crippen molar-refractivity contribution in [2.24, 2.45) is 11.7 Å². The van der Waals surface area contributed by atoms with Crippen LogP contribution in [0.1, 0.15) is 20.3 Å². The molecule has 0 bridgehead atoms. The molecule has 6 heteroatoms. The number of piperazine rings is 1. The van der Waals surface area contributed by atoms with E-state index in [2.05, 4.69) is 10.2 Å². The van der Waals surface area contributed by atoms with Gasteiger partial charge in [-0.15, -0.1) is 0 Å². The highest BCUT2D eigenvalue weighted by Gasteiger charge is 2.28. The Morgan fingerprint density at radius 1 is 1.26 bits per heavy atom. The number of nitrogens with one attached hydrogen (secondary N) is 1. The van der Waals surface area contributed by atoms with Crippen LogP contribution in [-0.4, -0.2) is 67.4 Å². The fourth-order valence-corrected chi connectivity index (χ4v) is 2.12. The van der Waals surface area contributed by atoms with E-state index in [0.29, 0.717) is 19.6 Å². The van der Waals surface area contributed by atoms with E-state index in [9.17, 15) is 9.59 Å². The van der Waals surface area contributed by atoms with Gasteiger partial charge >= 0.3 is 0 Å². The lowest BCUT2D eigenvalue weighted by Crippen LogP contribution is -2.55. The third-order valence-electron chi connectivity index (χ3n) is 3.87. The predicted octanol–water partition coefficient (Wildman–Crippen LogP) is -0.750. The highest BCUT2D eigenvalue weighted by atomic mass is 16.2. The predicted molar refractivity (Wildman–Crippen MR) is 74.5 cm³/mol. The summed E-state index contributed by atoms with van der Waals surface area (Å²) in [5.74, 6) is 0.251. The van der Waals surface area contributed by atoms with Gasteiger partial charge in [-0.2, -0.15) is 0 Å². The summed E-state index contributed by atoms with van der Waals surface area (Å²) in [6.45, 7) is 7.21. The van der Waals surface area contributed by atoms with Crippen LogP contribution >= 0.6 is 0 Å². The molecule has 0 aliphatic carbocycles. The van der Waals surface area contributed by atoms with Crippen LogP contribution in [0.4, 0.5) is 0 Å². The van der Waals surface area contributed by atoms with Crippen LogP contribution in [0.15, 0.2) is 0 Å². The summed E-state index contributed by atoms with van der Waals surface area (Å²) in [6, 6.07) is -0.407. The number of amides is 2. The SMILES string of the molecule is CC[C@H](C)[C@H](N)C(=O)N1CCN(CC(=O)NC)CC1. The quantitative estimate of drug-likeness (QED) is 0.689. The van der Waals surface area contributed by atoms with Crippen LogP contribution in [-0.2, 0) is 9.59 Å². The van der Waals surface area contributed by atoms with Gasteiger partial charge in [0.1, 0.15) is 0 Å². The number of likely N-dealkylation sites (N-methyl/N-ethyl adjacent to an activating group) is 1. The van der Waals surface area contributed by atoms with E-state index in [4.69, 9.17) is 5.73 Å². The Balaban J connectivity index is 2.41. The molecule has 0 aromatic carbocycles. The Hall–Kier alpha value is -1.14. The molecule has 1 aliphatic rings. The minimum atomic E-state index is -0.407. The van der Waals surface area contributed by atoms with Crippen molar-refractivity contribution in [3.8, 4) is 0 Å². The van der Waals surface area contributed by atoms with Gasteiger partial charge in [-0.25, -0.2) is 0 Å². The molecule has 1 saturated heterocycles. The second-order valence-corrected chi connectivity index (χ2v) is 5.19. The summed E-state index contributed by atoms with van der Waals surface area (Å²) >= 11 is 0. The van der Waals surface area contributed by atoms with Gasteiger partial charge < -0.3 is 16.0 Å². The molecular formula is C13H26N4O2. The molecule has 1 rings (SSSR count). The molecule has 2 amide bonds. The highest BCUT2D eigenvalue weighted by molar-refractivity contribution is 5.82. The van der Waals surface area contributed by atoms with Crippen molar-refractivity contribution in [2.45, 2.75) is 26.3 Å². The summed E-state index contributed by atoms with van der Waals surface area (Å²) < 4.78 is 0. The Bertz CT molecular complexity index is 314. The maximum atomic E-state index is 12.2. The first-order valence-corrected chi connectivity index (χ1v) is 6.96. The first kappa shape index (κ1) is 15.9. The minimum absolute atomic E-state index is 0.0103. The first-order valence-electron chi connectivity index (χ1n) is 6.96. The fourth-order valence-electron chi connectivity index (χ4n) is 2.12. The summed E-state index contributed by atoms with van der Waals surface area (Å²) in [4.78, 5) is 27.3. The molecule has 0 saturated carbocycles. The lowest BCUT2D eigenvalue weighted by molar-refractivity contribution is -0.135. The Labute approximate surface area is 115 Å². The molecule has 0 radical (unpaired) electrons. The molecule has 19 heavy (non-hydrogen) atoms. The topological polar surface area (TPSA) is 78.7 Å². The van der Waals surface area contributed by atoms with Gasteiger partial charge in [-0.1, -0.05) is 20.3 Å². The molecule has 3 N–H and O–H groups in total. The van der Waals surface area contributed by atoms with Gasteiger partial charge in [0.25, 0.3) is 0 Å². The summed E-state index contributed by atoms with van der Waals surface area (Å²) in [5.41, 5.74) is 5.97. The number of carbonyl (C=O) groups is 2. The summed E-state index contributed by atoms with van der Waals surface area (Å²) in [6.07, 6.45) is 0.906. The van der Waals surface area contributed by atoms with Crippen molar-refractivity contribution in [1.29, 1.82) is 0 Å². The maximum Gasteiger partial charge on any atom is 0.239 e. The van der Waals surface area contributed by atoms with Gasteiger partial charge in [0, 0.05) is 33.2 Å². The Kier molecular flexibility index (Phi) is 6.24. The van der Waals surface area contributed by atoms with Crippen molar-refractivity contribution in [3.05, 3.63) is 0 Å². The third kappa shape index (κ3) is 4.47. The lowest BCUT2D eigenvalue weighted by atomic mass is 9.98. The number of hydrogen-bond acceptors (Lipinski definition) is 4. The fraction of sp³-hybridized carbons (Fsp3) is 0.846. The zero-order valence-corrected chi connectivity index (χ0v) is 12.2. The van der Waals surface area contributed by atoms with E-state index in [1.807, 2.05) is 18.7 Å². The second kappa shape index (κ2) is 7.45. The van der Waals surface area contributed by atoms with Crippen LogP contribution in [0.2, 0.25) is 0 Å². The van der Waals surface area contributed by atoms with Gasteiger partial charge in [-0.3, -0.25) is 14.5 Å². The van der Waals surface area contributed by atoms with E-state index < -0.39 is 6.04 Å². The molecule has 110 valence electrons. The second-order valence-electron chi connectivity index (χ2n) is 5.19. The lowest BCUT2D eigenvalue weighted by Gasteiger charge is -2.36. The average Bonchev–Trinajstić information content (AvgIpc) is 2.45. The van der Waals surface area contributed by atoms with E-state index in [1.165, 1.54) is 0 Å². The van der Waals surface area contributed by atoms with Gasteiger partial charge in [0.05, 0.1) is 12.6 Å². The molecule has 6 nitrogen and oxygen atoms in total. The monoisotopic (exact) mass is 270 g/mol. The number of nitrogens with two attached hydrogens (primary N) is 1. The average molecular weight is 270 g/mol. The van der Waals surface area contributed by atoms with E-state index in [1.54, 1.807) is 7.05 Å². The zero-order valence-electron chi connectivity index (χ0n) is 12.2. The zero-order chi connectivity index (χ0) is 14.4. The van der Waals surface area contributed by atoms with Gasteiger partial charge in [-0.05, 0) is 5.92 Å². The van der Waals surface area contributed by atoms with Crippen LogP contribution in [0.5, 0.6) is 0 Å². The molecule has 0 aromatic rings. The molecule has 0 unspecified atom stereocenters. The first-order chi connectivity index (χ1) is 8.99. The van der Waals surface area contributed by atoms with E-state index in [-0.39, 0.29) is 17.7 Å². The third-order valence-corrected chi connectivity index (χ3v) is 3.87. The molecule has 2 atom stereocenters. The minimum Gasteiger partial charge on any atom is -0.358 e. The standard InChI is InChI=1S/C13H26N4O2/c1-4-10(2)12(14)13(19)17-7-5-16(6-8-17)9-11(18)15-3/h10,12H,4-9,14H2,1-3H3,(H,15,18)/t10-,12-/m0/s1. The van der Waals surface area contributed by atoms with Crippen LogP contribution < -0.4 is 11.1 Å². The van der Waals surface area contributed by atoms with Gasteiger partial charge in [0.15, 0.2) is 0 Å². The smallest absolute Gasteiger partial charge is 0.239 e. The van der Waals surface area contributed by atoms with Crippen molar-refractivity contribution < 1.29 is 9.59 Å². The van der Waals surface area contributed by atoms with Crippen LogP contribution in [0.25, 0.3) is 0 Å². The summed E-state index contributed by atoms with van der Waals surface area (Å²) in [7, 11) is 1.63. The highest BCUT2D eigenvalue weighted by Crippen LogP contribution is 2.10. The number of carbonyl (C=O) groups excluding carboxylic acids is 2. The number of hydrogen-bond donors (Lipinski definition) is 2. The number of nitrogens with zero attached hydrogens (tertiary/aromatic N) is 2. The molecule has 1 aliphatic heterocycles. The molecule has 0 spiro atoms. The molecule has 1 heterocycles.